The Morgan fingerprint density at radius 2 is 1.96 bits per heavy atom. The minimum atomic E-state index is 0.570. The van der Waals surface area contributed by atoms with Gasteiger partial charge in [-0.05, 0) is 37.7 Å². The molecule has 4 heterocycles. The maximum Gasteiger partial charge on any atom is 0.253 e. The fourth-order valence-electron chi connectivity index (χ4n) is 2.14. The van der Waals surface area contributed by atoms with Gasteiger partial charge in [0, 0.05) is 29.2 Å². The minimum Gasteiger partial charge on any atom is -0.265 e. The molecule has 4 aromatic heterocycles. The molecule has 1 N–H and O–H groups in total. The Morgan fingerprint density at radius 3 is 2.78 bits per heavy atom. The number of pyridine rings is 1. The highest BCUT2D eigenvalue weighted by atomic mass is 32.2. The standard InChI is InChI=1S/C14H12N8S/c1-8-9(2)18-13-16-7-17-22(13)12(8)23-14-19-11(20-21-14)10-3-5-15-6-4-10/h3-7H,1-2H3,(H,19,20,21). The van der Waals surface area contributed by atoms with Crippen LogP contribution >= 0.6 is 11.8 Å². The molecule has 4 rings (SSSR count). The number of aryl methyl sites for hydroxylation is 1. The predicted octanol–water partition coefficient (Wildman–Crippen LogP) is 2.07. The van der Waals surface area contributed by atoms with Gasteiger partial charge in [0.2, 0.25) is 5.16 Å². The molecule has 0 atom stereocenters. The molecule has 0 aromatic carbocycles. The smallest absolute Gasteiger partial charge is 0.253 e. The lowest BCUT2D eigenvalue weighted by atomic mass is 10.3. The lowest BCUT2D eigenvalue weighted by Gasteiger charge is -2.07. The van der Waals surface area contributed by atoms with E-state index in [4.69, 9.17) is 0 Å². The van der Waals surface area contributed by atoms with Crippen LogP contribution in [0.3, 0.4) is 0 Å². The van der Waals surface area contributed by atoms with Crippen LogP contribution in [0.15, 0.2) is 41.0 Å². The van der Waals surface area contributed by atoms with Crippen molar-refractivity contribution in [1.82, 2.24) is 39.7 Å². The fourth-order valence-corrected chi connectivity index (χ4v) is 3.06. The summed E-state index contributed by atoms with van der Waals surface area (Å²) in [5.74, 6) is 1.27. The highest BCUT2D eigenvalue weighted by Gasteiger charge is 2.15. The molecule has 4 aromatic rings. The van der Waals surface area contributed by atoms with Crippen LogP contribution in [0.4, 0.5) is 0 Å². The molecule has 0 unspecified atom stereocenters. The number of hydrogen-bond donors (Lipinski definition) is 1. The minimum absolute atomic E-state index is 0.570. The number of hydrogen-bond acceptors (Lipinski definition) is 7. The molecular formula is C14H12N8S. The Labute approximate surface area is 135 Å². The number of H-pyrrole nitrogens is 1. The molecule has 0 spiro atoms. The molecule has 0 fully saturated rings. The summed E-state index contributed by atoms with van der Waals surface area (Å²) >= 11 is 1.43. The molecule has 0 radical (unpaired) electrons. The first-order valence-corrected chi connectivity index (χ1v) is 7.71. The van der Waals surface area contributed by atoms with Crippen LogP contribution in [0.2, 0.25) is 0 Å². The van der Waals surface area contributed by atoms with E-state index in [-0.39, 0.29) is 0 Å². The Hall–Kier alpha value is -2.81. The normalized spacial score (nSPS) is 11.2. The van der Waals surface area contributed by atoms with E-state index in [9.17, 15) is 0 Å². The zero-order chi connectivity index (χ0) is 15.8. The quantitative estimate of drug-likeness (QED) is 0.576. The van der Waals surface area contributed by atoms with Crippen LogP contribution in [0.25, 0.3) is 17.2 Å². The second-order valence-electron chi connectivity index (χ2n) is 4.90. The first-order valence-electron chi connectivity index (χ1n) is 6.90. The van der Waals surface area contributed by atoms with Gasteiger partial charge in [0.05, 0.1) is 0 Å². The summed E-state index contributed by atoms with van der Waals surface area (Å²) in [5, 5.41) is 13.0. The fraction of sp³-hybridized carbons (Fsp3) is 0.143. The number of aromatic amines is 1. The number of rotatable bonds is 3. The van der Waals surface area contributed by atoms with Crippen molar-refractivity contribution in [2.45, 2.75) is 24.0 Å². The zero-order valence-electron chi connectivity index (χ0n) is 12.4. The lowest BCUT2D eigenvalue weighted by molar-refractivity contribution is 0.810. The molecule has 0 aliphatic carbocycles. The van der Waals surface area contributed by atoms with Crippen molar-refractivity contribution in [2.24, 2.45) is 0 Å². The third kappa shape index (κ3) is 2.44. The third-order valence-electron chi connectivity index (χ3n) is 3.46. The average molecular weight is 324 g/mol. The second kappa shape index (κ2) is 5.43. The third-order valence-corrected chi connectivity index (χ3v) is 4.50. The summed E-state index contributed by atoms with van der Waals surface area (Å²) in [4.78, 5) is 17.1. The molecule has 0 amide bonds. The molecule has 0 bridgehead atoms. The van der Waals surface area contributed by atoms with E-state index in [0.717, 1.165) is 21.8 Å². The van der Waals surface area contributed by atoms with Crippen LogP contribution in [-0.4, -0.2) is 39.7 Å². The maximum absolute atomic E-state index is 4.52. The summed E-state index contributed by atoms with van der Waals surface area (Å²) in [7, 11) is 0. The van der Waals surface area contributed by atoms with Crippen LogP contribution in [-0.2, 0) is 0 Å². The molecule has 8 nitrogen and oxygen atoms in total. The van der Waals surface area contributed by atoms with Gasteiger partial charge in [-0.3, -0.25) is 10.1 Å². The van der Waals surface area contributed by atoms with Gasteiger partial charge in [-0.2, -0.15) is 14.6 Å². The number of aromatic nitrogens is 8. The van der Waals surface area contributed by atoms with Crippen LogP contribution < -0.4 is 0 Å². The van der Waals surface area contributed by atoms with Crippen molar-refractivity contribution >= 4 is 17.5 Å². The van der Waals surface area contributed by atoms with Crippen molar-refractivity contribution < 1.29 is 0 Å². The van der Waals surface area contributed by atoms with Gasteiger partial charge in [-0.15, -0.1) is 5.10 Å². The van der Waals surface area contributed by atoms with Crippen LogP contribution in [0.1, 0.15) is 11.3 Å². The average Bonchev–Trinajstić information content (AvgIpc) is 3.21. The van der Waals surface area contributed by atoms with Gasteiger partial charge in [0.1, 0.15) is 11.4 Å². The zero-order valence-corrected chi connectivity index (χ0v) is 13.2. The van der Waals surface area contributed by atoms with Crippen molar-refractivity contribution in [2.75, 3.05) is 0 Å². The van der Waals surface area contributed by atoms with Crippen molar-refractivity contribution in [3.63, 3.8) is 0 Å². The molecule has 0 saturated carbocycles. The van der Waals surface area contributed by atoms with Gasteiger partial charge in [-0.1, -0.05) is 0 Å². The maximum atomic E-state index is 4.52. The summed E-state index contributed by atoms with van der Waals surface area (Å²) in [6.45, 7) is 3.96. The number of nitrogens with zero attached hydrogens (tertiary/aromatic N) is 7. The van der Waals surface area contributed by atoms with E-state index in [1.807, 2.05) is 26.0 Å². The molecule has 0 saturated heterocycles. The molecular weight excluding hydrogens is 312 g/mol. The first-order chi connectivity index (χ1) is 11.2. The van der Waals surface area contributed by atoms with E-state index >= 15 is 0 Å². The predicted molar refractivity (Wildman–Crippen MR) is 84.0 cm³/mol. The summed E-state index contributed by atoms with van der Waals surface area (Å²) in [5.41, 5.74) is 2.88. The first kappa shape index (κ1) is 13.8. The molecule has 9 heteroatoms. The van der Waals surface area contributed by atoms with Gasteiger partial charge in [-0.25, -0.2) is 9.97 Å². The highest BCUT2D eigenvalue weighted by molar-refractivity contribution is 7.99. The van der Waals surface area contributed by atoms with Crippen molar-refractivity contribution in [3.05, 3.63) is 42.1 Å². The molecule has 0 aliphatic heterocycles. The van der Waals surface area contributed by atoms with Crippen molar-refractivity contribution in [3.8, 4) is 11.4 Å². The second-order valence-corrected chi connectivity index (χ2v) is 5.86. The van der Waals surface area contributed by atoms with Crippen molar-refractivity contribution in [1.29, 1.82) is 0 Å². The van der Waals surface area contributed by atoms with Crippen LogP contribution in [0.5, 0.6) is 0 Å². The van der Waals surface area contributed by atoms with Gasteiger partial charge >= 0.3 is 0 Å². The molecule has 23 heavy (non-hydrogen) atoms. The summed E-state index contributed by atoms with van der Waals surface area (Å²) < 4.78 is 1.70. The largest absolute Gasteiger partial charge is 0.265 e. The molecule has 114 valence electrons. The summed E-state index contributed by atoms with van der Waals surface area (Å²) in [6.07, 6.45) is 4.94. The van der Waals surface area contributed by atoms with Gasteiger partial charge < -0.3 is 0 Å². The molecule has 0 aliphatic rings. The Morgan fingerprint density at radius 1 is 1.13 bits per heavy atom. The highest BCUT2D eigenvalue weighted by Crippen LogP contribution is 2.29. The van der Waals surface area contributed by atoms with Gasteiger partial charge in [0.25, 0.3) is 5.78 Å². The monoisotopic (exact) mass is 324 g/mol. The Balaban J connectivity index is 1.73. The van der Waals surface area contributed by atoms with E-state index in [2.05, 4.69) is 35.2 Å². The van der Waals surface area contributed by atoms with Gasteiger partial charge in [0.15, 0.2) is 5.82 Å². The van der Waals surface area contributed by atoms with E-state index in [0.29, 0.717) is 16.8 Å². The van der Waals surface area contributed by atoms with Crippen LogP contribution in [0, 0.1) is 13.8 Å². The number of nitrogens with one attached hydrogen (secondary N) is 1. The van der Waals surface area contributed by atoms with E-state index < -0.39 is 0 Å². The van der Waals surface area contributed by atoms with E-state index in [1.54, 1.807) is 16.9 Å². The van der Waals surface area contributed by atoms with E-state index in [1.165, 1.54) is 18.1 Å². The Bertz CT molecular complexity index is 975. The number of fused-ring (bicyclic) bond motifs is 1. The Kier molecular flexibility index (Phi) is 3.27. The lowest BCUT2D eigenvalue weighted by Crippen LogP contribution is -2.02. The SMILES string of the molecule is Cc1nc2ncnn2c(Sc2n[nH]c(-c3ccncc3)n2)c1C. The topological polar surface area (TPSA) is 97.5 Å². The summed E-state index contributed by atoms with van der Waals surface area (Å²) in [6, 6.07) is 3.76.